The van der Waals surface area contributed by atoms with Crippen LogP contribution in [0.1, 0.15) is 53.9 Å². The molecule has 2 unspecified atom stereocenters. The number of carbonyl (C=O) groups excluding carboxylic acids is 3. The third kappa shape index (κ3) is 2.67. The topological polar surface area (TPSA) is 80.7 Å². The maximum absolute atomic E-state index is 13.1. The van der Waals surface area contributed by atoms with Crippen LogP contribution in [0.15, 0.2) is 35.5 Å². The minimum atomic E-state index is -1.52. The molecule has 1 N–H and O–H groups in total. The lowest BCUT2D eigenvalue weighted by atomic mass is 9.49. The summed E-state index contributed by atoms with van der Waals surface area (Å²) in [6.07, 6.45) is 9.98. The van der Waals surface area contributed by atoms with E-state index in [9.17, 15) is 19.5 Å². The molecule has 4 rings (SSSR count). The van der Waals surface area contributed by atoms with E-state index < -0.39 is 22.8 Å². The summed E-state index contributed by atoms with van der Waals surface area (Å²) in [4.78, 5) is 36.3. The van der Waals surface area contributed by atoms with Crippen molar-refractivity contribution in [3.63, 3.8) is 0 Å². The highest BCUT2D eigenvalue weighted by Crippen LogP contribution is 2.67. The highest BCUT2D eigenvalue weighted by molar-refractivity contribution is 6.01. The van der Waals surface area contributed by atoms with Crippen LogP contribution in [-0.2, 0) is 19.1 Å². The minimum Gasteiger partial charge on any atom is -0.458 e. The van der Waals surface area contributed by atoms with Gasteiger partial charge in [0.2, 0.25) is 5.78 Å². The second kappa shape index (κ2) is 6.74. The third-order valence-corrected chi connectivity index (χ3v) is 8.69. The smallest absolute Gasteiger partial charge is 0.303 e. The molecule has 7 atom stereocenters. The van der Waals surface area contributed by atoms with E-state index in [1.807, 2.05) is 19.9 Å². The van der Waals surface area contributed by atoms with Crippen LogP contribution in [0.25, 0.3) is 0 Å². The molecule has 0 aromatic heterocycles. The monoisotopic (exact) mass is 412 g/mol. The van der Waals surface area contributed by atoms with Crippen molar-refractivity contribution in [3.05, 3.63) is 35.5 Å². The summed E-state index contributed by atoms with van der Waals surface area (Å²) >= 11 is 0. The molecule has 30 heavy (non-hydrogen) atoms. The SMILES string of the molecule is CC(=O)OCC(=O)[C@@]1(O)[C@H](C)CC2C3C[C@H](C)C4=CC(=O)C=C[C@]4(C)C3=CC[C@@]21C. The Morgan fingerprint density at radius 2 is 1.90 bits per heavy atom. The molecule has 162 valence electrons. The molecule has 0 radical (unpaired) electrons. The molecular formula is C25H32O5. The molecule has 2 saturated carbocycles. The van der Waals surface area contributed by atoms with Crippen molar-refractivity contribution in [1.82, 2.24) is 0 Å². The Morgan fingerprint density at radius 1 is 1.20 bits per heavy atom. The van der Waals surface area contributed by atoms with Crippen LogP contribution in [-0.4, -0.2) is 34.9 Å². The normalized spacial score (nSPS) is 44.4. The number of esters is 1. The molecule has 4 aliphatic carbocycles. The predicted molar refractivity (Wildman–Crippen MR) is 112 cm³/mol. The molecule has 0 bridgehead atoms. The van der Waals surface area contributed by atoms with E-state index in [-0.39, 0.29) is 41.5 Å². The van der Waals surface area contributed by atoms with Crippen LogP contribution < -0.4 is 0 Å². The fourth-order valence-corrected chi connectivity index (χ4v) is 7.14. The summed E-state index contributed by atoms with van der Waals surface area (Å²) in [5, 5.41) is 11.7. The summed E-state index contributed by atoms with van der Waals surface area (Å²) in [7, 11) is 0. The number of aliphatic hydroxyl groups is 1. The Bertz CT molecular complexity index is 910. The van der Waals surface area contributed by atoms with Gasteiger partial charge in [0.1, 0.15) is 5.60 Å². The Morgan fingerprint density at radius 3 is 2.57 bits per heavy atom. The fourth-order valence-electron chi connectivity index (χ4n) is 7.14. The molecule has 0 spiro atoms. The Hall–Kier alpha value is -2.01. The Balaban J connectivity index is 1.74. The molecule has 0 aromatic rings. The maximum Gasteiger partial charge on any atom is 0.303 e. The first-order valence-corrected chi connectivity index (χ1v) is 11.0. The van der Waals surface area contributed by atoms with E-state index in [1.54, 1.807) is 12.2 Å². The lowest BCUT2D eigenvalue weighted by Crippen LogP contribution is -2.58. The number of ether oxygens (including phenoxy) is 1. The molecule has 0 amide bonds. The number of rotatable bonds is 3. The minimum absolute atomic E-state index is 0.0500. The van der Waals surface area contributed by atoms with Crippen LogP contribution in [0, 0.1) is 34.5 Å². The number of hydrogen-bond acceptors (Lipinski definition) is 5. The first kappa shape index (κ1) is 21.2. The first-order chi connectivity index (χ1) is 13.9. The van der Waals surface area contributed by atoms with E-state index in [0.29, 0.717) is 6.42 Å². The van der Waals surface area contributed by atoms with Gasteiger partial charge in [-0.1, -0.05) is 38.5 Å². The van der Waals surface area contributed by atoms with E-state index in [2.05, 4.69) is 19.9 Å². The largest absolute Gasteiger partial charge is 0.458 e. The molecule has 5 nitrogen and oxygen atoms in total. The summed E-state index contributed by atoms with van der Waals surface area (Å²) in [5.74, 6) is -0.416. The van der Waals surface area contributed by atoms with Crippen LogP contribution >= 0.6 is 0 Å². The molecule has 0 aromatic carbocycles. The summed E-state index contributed by atoms with van der Waals surface area (Å²) in [6.45, 7) is 9.22. The van der Waals surface area contributed by atoms with Crippen molar-refractivity contribution in [2.24, 2.45) is 34.5 Å². The van der Waals surface area contributed by atoms with Gasteiger partial charge in [0.25, 0.3) is 0 Å². The third-order valence-electron chi connectivity index (χ3n) is 8.69. The molecule has 0 saturated heterocycles. The van der Waals surface area contributed by atoms with Gasteiger partial charge in [-0.3, -0.25) is 14.4 Å². The van der Waals surface area contributed by atoms with E-state index in [4.69, 9.17) is 4.74 Å². The summed E-state index contributed by atoms with van der Waals surface area (Å²) in [5.41, 5.74) is 0.0932. The average Bonchev–Trinajstić information content (AvgIpc) is 2.89. The maximum atomic E-state index is 13.1. The van der Waals surface area contributed by atoms with Crippen molar-refractivity contribution in [3.8, 4) is 0 Å². The average molecular weight is 413 g/mol. The molecular weight excluding hydrogens is 380 g/mol. The van der Waals surface area contributed by atoms with Gasteiger partial charge < -0.3 is 9.84 Å². The van der Waals surface area contributed by atoms with E-state index in [0.717, 1.165) is 12.8 Å². The molecule has 0 aliphatic heterocycles. The van der Waals surface area contributed by atoms with E-state index in [1.165, 1.54) is 18.1 Å². The Labute approximate surface area is 178 Å². The number of allylic oxidation sites excluding steroid dienone is 6. The number of Topliss-reactive ketones (excluding diaryl/α,β-unsaturated/α-hetero) is 1. The van der Waals surface area contributed by atoms with Gasteiger partial charge in [-0.15, -0.1) is 0 Å². The van der Waals surface area contributed by atoms with Gasteiger partial charge in [-0.25, -0.2) is 0 Å². The lowest BCUT2D eigenvalue weighted by Gasteiger charge is -2.55. The number of ketones is 2. The standard InChI is InChI=1S/C25H32O5/c1-14-10-18-19(23(4)8-6-17(27)12-20(14)23)7-9-24(5)21(18)11-15(2)25(24,29)22(28)13-30-16(3)26/h6-8,12,14-15,18,21,29H,9-11,13H2,1-5H3/t14-,15+,18?,21?,23+,24-,25-/m0/s1. The predicted octanol–water partition coefficient (Wildman–Crippen LogP) is 3.57. The zero-order chi connectivity index (χ0) is 22.1. The molecule has 5 heteroatoms. The zero-order valence-electron chi connectivity index (χ0n) is 18.5. The first-order valence-electron chi connectivity index (χ1n) is 11.0. The van der Waals surface area contributed by atoms with Crippen molar-refractivity contribution in [1.29, 1.82) is 0 Å². The van der Waals surface area contributed by atoms with Crippen molar-refractivity contribution in [2.75, 3.05) is 6.61 Å². The molecule has 4 aliphatic rings. The zero-order valence-corrected chi connectivity index (χ0v) is 18.5. The van der Waals surface area contributed by atoms with Gasteiger partial charge in [0.15, 0.2) is 12.4 Å². The van der Waals surface area contributed by atoms with Gasteiger partial charge >= 0.3 is 5.97 Å². The quantitative estimate of drug-likeness (QED) is 0.566. The van der Waals surface area contributed by atoms with Crippen molar-refractivity contribution in [2.45, 2.75) is 59.5 Å². The highest BCUT2D eigenvalue weighted by atomic mass is 16.5. The van der Waals surface area contributed by atoms with Crippen LogP contribution in [0.4, 0.5) is 0 Å². The van der Waals surface area contributed by atoms with Gasteiger partial charge in [-0.2, -0.15) is 0 Å². The van der Waals surface area contributed by atoms with Crippen LogP contribution in [0.2, 0.25) is 0 Å². The summed E-state index contributed by atoms with van der Waals surface area (Å²) in [6, 6.07) is 0. The second-order valence-corrected chi connectivity index (χ2v) is 10.3. The van der Waals surface area contributed by atoms with Crippen LogP contribution in [0.5, 0.6) is 0 Å². The van der Waals surface area contributed by atoms with Crippen molar-refractivity contribution >= 4 is 17.5 Å². The summed E-state index contributed by atoms with van der Waals surface area (Å²) < 4.78 is 4.96. The van der Waals surface area contributed by atoms with Gasteiger partial charge in [0, 0.05) is 17.8 Å². The van der Waals surface area contributed by atoms with Gasteiger partial charge in [-0.05, 0) is 67.6 Å². The number of fused-ring (bicyclic) bond motifs is 5. The fraction of sp³-hybridized carbons (Fsp3) is 0.640. The highest BCUT2D eigenvalue weighted by Gasteiger charge is 2.67. The van der Waals surface area contributed by atoms with Crippen molar-refractivity contribution < 1.29 is 24.2 Å². The number of hydrogen-bond donors (Lipinski definition) is 1. The van der Waals surface area contributed by atoms with Gasteiger partial charge in [0.05, 0.1) is 0 Å². The lowest BCUT2D eigenvalue weighted by molar-refractivity contribution is -0.167. The second-order valence-electron chi connectivity index (χ2n) is 10.3. The molecule has 0 heterocycles. The Kier molecular flexibility index (Phi) is 4.77. The molecule has 2 fully saturated rings. The van der Waals surface area contributed by atoms with Crippen LogP contribution in [0.3, 0.4) is 0 Å². The van der Waals surface area contributed by atoms with E-state index >= 15 is 0 Å². The number of carbonyl (C=O) groups is 3.